The fourth-order valence-electron chi connectivity index (χ4n) is 1.44. The Balaban J connectivity index is 2.48. The highest BCUT2D eigenvalue weighted by molar-refractivity contribution is 7.99. The minimum atomic E-state index is -0.167. The molecule has 1 N–H and O–H groups in total. The van der Waals surface area contributed by atoms with Crippen LogP contribution in [0.3, 0.4) is 0 Å². The lowest BCUT2D eigenvalue weighted by molar-refractivity contribution is -0.141. The van der Waals surface area contributed by atoms with Crippen molar-refractivity contribution >= 4 is 23.4 Å². The number of hydrogen-bond donors (Lipinski definition) is 1. The van der Waals surface area contributed by atoms with Gasteiger partial charge in [0.1, 0.15) is 6.61 Å². The first kappa shape index (κ1) is 14.9. The van der Waals surface area contributed by atoms with Gasteiger partial charge in [0.05, 0.1) is 5.75 Å². The third kappa shape index (κ3) is 5.96. The predicted octanol–water partition coefficient (Wildman–Crippen LogP) is 3.30. The largest absolute Gasteiger partial charge is 0.460 e. The summed E-state index contributed by atoms with van der Waals surface area (Å²) in [6.07, 6.45) is 1.88. The molecule has 0 heterocycles. The topological polar surface area (TPSA) is 38.3 Å². The van der Waals surface area contributed by atoms with Crippen molar-refractivity contribution in [2.75, 3.05) is 17.3 Å². The molecule has 0 bridgehead atoms. The molecule has 4 heteroatoms. The van der Waals surface area contributed by atoms with Crippen molar-refractivity contribution < 1.29 is 9.53 Å². The van der Waals surface area contributed by atoms with E-state index in [-0.39, 0.29) is 11.5 Å². The maximum Gasteiger partial charge on any atom is 0.316 e. The fraction of sp³-hybridized carbons (Fsp3) is 0.500. The summed E-state index contributed by atoms with van der Waals surface area (Å²) in [5.41, 5.74) is 2.12. The molecule has 0 aromatic heterocycles. The Kier molecular flexibility index (Phi) is 5.54. The van der Waals surface area contributed by atoms with Crippen LogP contribution in [0.4, 0.5) is 5.69 Å². The highest BCUT2D eigenvalue weighted by Gasteiger charge is 2.09. The van der Waals surface area contributed by atoms with Gasteiger partial charge in [-0.1, -0.05) is 12.1 Å². The van der Waals surface area contributed by atoms with Gasteiger partial charge in [0, 0.05) is 11.2 Å². The minimum absolute atomic E-state index is 0.0479. The van der Waals surface area contributed by atoms with Crippen LogP contribution in [0.15, 0.2) is 24.3 Å². The molecular weight excluding hydrogens is 246 g/mol. The zero-order valence-electron chi connectivity index (χ0n) is 11.4. The van der Waals surface area contributed by atoms with E-state index in [9.17, 15) is 4.79 Å². The van der Waals surface area contributed by atoms with Gasteiger partial charge in [-0.25, -0.2) is 0 Å². The lowest BCUT2D eigenvalue weighted by Crippen LogP contribution is -2.25. The predicted molar refractivity (Wildman–Crippen MR) is 78.0 cm³/mol. The van der Waals surface area contributed by atoms with E-state index < -0.39 is 0 Å². The average molecular weight is 267 g/mol. The van der Waals surface area contributed by atoms with E-state index in [4.69, 9.17) is 4.74 Å². The lowest BCUT2D eigenvalue weighted by Gasteiger charge is -2.22. The van der Waals surface area contributed by atoms with Crippen molar-refractivity contribution in [3.8, 4) is 0 Å². The van der Waals surface area contributed by atoms with Gasteiger partial charge in [-0.3, -0.25) is 4.79 Å². The summed E-state index contributed by atoms with van der Waals surface area (Å²) in [4.78, 5) is 11.2. The highest BCUT2D eigenvalue weighted by atomic mass is 32.2. The van der Waals surface area contributed by atoms with Crippen molar-refractivity contribution in [2.45, 2.75) is 32.9 Å². The van der Waals surface area contributed by atoms with Gasteiger partial charge in [0.25, 0.3) is 0 Å². The van der Waals surface area contributed by atoms with Crippen molar-refractivity contribution in [3.63, 3.8) is 0 Å². The van der Waals surface area contributed by atoms with Gasteiger partial charge in [-0.15, -0.1) is 0 Å². The maximum atomic E-state index is 11.2. The van der Waals surface area contributed by atoms with Crippen LogP contribution in [-0.2, 0) is 16.1 Å². The fourth-order valence-corrected chi connectivity index (χ4v) is 1.76. The molecular formula is C14H21NO2S. The molecule has 1 aromatic carbocycles. The molecule has 0 fully saturated rings. The Morgan fingerprint density at radius 2 is 1.89 bits per heavy atom. The first-order valence-corrected chi connectivity index (χ1v) is 7.32. The zero-order valence-corrected chi connectivity index (χ0v) is 12.3. The molecule has 0 atom stereocenters. The quantitative estimate of drug-likeness (QED) is 0.831. The first-order chi connectivity index (χ1) is 8.40. The van der Waals surface area contributed by atoms with Gasteiger partial charge in [-0.05, 0) is 44.7 Å². The first-order valence-electron chi connectivity index (χ1n) is 5.92. The van der Waals surface area contributed by atoms with Crippen LogP contribution in [0.2, 0.25) is 0 Å². The van der Waals surface area contributed by atoms with E-state index in [1.165, 1.54) is 11.8 Å². The molecule has 0 radical (unpaired) electrons. The Hall–Kier alpha value is -1.16. The van der Waals surface area contributed by atoms with Crippen LogP contribution in [0.5, 0.6) is 0 Å². The Labute approximate surface area is 113 Å². The van der Waals surface area contributed by atoms with Crippen molar-refractivity contribution in [1.29, 1.82) is 0 Å². The third-order valence-electron chi connectivity index (χ3n) is 2.14. The van der Waals surface area contributed by atoms with Crippen LogP contribution in [0.25, 0.3) is 0 Å². The maximum absolute atomic E-state index is 11.2. The highest BCUT2D eigenvalue weighted by Crippen LogP contribution is 2.15. The van der Waals surface area contributed by atoms with Gasteiger partial charge < -0.3 is 10.1 Å². The molecule has 0 saturated heterocycles. The van der Waals surface area contributed by atoms with Gasteiger partial charge >= 0.3 is 5.97 Å². The number of rotatable bonds is 5. The normalized spacial score (nSPS) is 11.1. The minimum Gasteiger partial charge on any atom is -0.460 e. The summed E-state index contributed by atoms with van der Waals surface area (Å²) >= 11 is 1.47. The molecule has 0 aliphatic rings. The second-order valence-electron chi connectivity index (χ2n) is 5.17. The van der Waals surface area contributed by atoms with E-state index in [0.29, 0.717) is 12.4 Å². The van der Waals surface area contributed by atoms with Crippen molar-refractivity contribution in [3.05, 3.63) is 29.8 Å². The van der Waals surface area contributed by atoms with Crippen LogP contribution < -0.4 is 5.32 Å². The summed E-state index contributed by atoms with van der Waals surface area (Å²) < 4.78 is 5.13. The summed E-state index contributed by atoms with van der Waals surface area (Å²) in [6.45, 7) is 6.69. The van der Waals surface area contributed by atoms with Crippen LogP contribution >= 0.6 is 11.8 Å². The Morgan fingerprint density at radius 1 is 1.28 bits per heavy atom. The number of thioether (sulfide) groups is 1. The van der Waals surface area contributed by atoms with Crippen LogP contribution in [-0.4, -0.2) is 23.5 Å². The number of nitrogens with one attached hydrogen (secondary N) is 1. The van der Waals surface area contributed by atoms with Crippen LogP contribution in [0.1, 0.15) is 26.3 Å². The van der Waals surface area contributed by atoms with E-state index in [0.717, 1.165) is 11.3 Å². The standard InChI is InChI=1S/C14H21NO2S/c1-14(2,3)15-12-7-5-11(6-8-12)9-17-13(16)10-18-4/h5-8,15H,9-10H2,1-4H3. The Morgan fingerprint density at radius 3 is 2.39 bits per heavy atom. The van der Waals surface area contributed by atoms with Gasteiger partial charge in [0.15, 0.2) is 0 Å². The molecule has 0 aliphatic heterocycles. The third-order valence-corrected chi connectivity index (χ3v) is 2.66. The van der Waals surface area contributed by atoms with E-state index in [2.05, 4.69) is 26.1 Å². The second kappa shape index (κ2) is 6.69. The van der Waals surface area contributed by atoms with Crippen LogP contribution in [0, 0.1) is 0 Å². The van der Waals surface area contributed by atoms with Crippen molar-refractivity contribution in [1.82, 2.24) is 0 Å². The molecule has 100 valence electrons. The van der Waals surface area contributed by atoms with Crippen molar-refractivity contribution in [2.24, 2.45) is 0 Å². The summed E-state index contributed by atoms with van der Waals surface area (Å²) in [7, 11) is 0. The molecule has 0 spiro atoms. The van der Waals surface area contributed by atoms with Gasteiger partial charge in [0.2, 0.25) is 0 Å². The smallest absolute Gasteiger partial charge is 0.316 e. The molecule has 1 rings (SSSR count). The zero-order chi connectivity index (χ0) is 13.6. The number of benzene rings is 1. The number of anilines is 1. The van der Waals surface area contributed by atoms with E-state index in [1.807, 2.05) is 30.5 Å². The molecule has 3 nitrogen and oxygen atoms in total. The molecule has 18 heavy (non-hydrogen) atoms. The van der Waals surface area contributed by atoms with E-state index in [1.54, 1.807) is 0 Å². The molecule has 0 saturated carbocycles. The molecule has 0 unspecified atom stereocenters. The number of ether oxygens (including phenoxy) is 1. The van der Waals surface area contributed by atoms with Gasteiger partial charge in [-0.2, -0.15) is 11.8 Å². The summed E-state index contributed by atoms with van der Waals surface area (Å²) in [5.74, 6) is 0.239. The lowest BCUT2D eigenvalue weighted by atomic mass is 10.1. The SMILES string of the molecule is CSCC(=O)OCc1ccc(NC(C)(C)C)cc1. The number of hydrogen-bond acceptors (Lipinski definition) is 4. The Bertz CT molecular complexity index is 382. The number of carbonyl (C=O) groups is 1. The molecule has 0 aliphatic carbocycles. The molecule has 1 aromatic rings. The summed E-state index contributed by atoms with van der Waals surface area (Å²) in [5, 5.41) is 3.38. The molecule has 0 amide bonds. The number of esters is 1. The second-order valence-corrected chi connectivity index (χ2v) is 6.03. The van der Waals surface area contributed by atoms with E-state index >= 15 is 0 Å². The monoisotopic (exact) mass is 267 g/mol. The average Bonchev–Trinajstić information content (AvgIpc) is 2.26. The number of carbonyl (C=O) groups excluding carboxylic acids is 1. The summed E-state index contributed by atoms with van der Waals surface area (Å²) in [6, 6.07) is 7.95.